The highest BCUT2D eigenvalue weighted by molar-refractivity contribution is 5.69. The van der Waals surface area contributed by atoms with E-state index in [1.54, 1.807) is 0 Å². The minimum Gasteiger partial charge on any atom is -0.462 e. The lowest BCUT2D eigenvalue weighted by atomic mass is 9.98. The van der Waals surface area contributed by atoms with Crippen LogP contribution in [0.1, 0.15) is 84.0 Å². The van der Waals surface area contributed by atoms with Crippen molar-refractivity contribution < 1.29 is 28.5 Å². The van der Waals surface area contributed by atoms with E-state index in [4.69, 9.17) is 23.7 Å². The number of ether oxygens (including phenoxy) is 5. The maximum Gasteiger partial charge on any atom is 0.306 e. The first-order chi connectivity index (χ1) is 14.3. The number of unbranched alkanes of at least 4 members (excludes halogenated alkanes) is 4. The summed E-state index contributed by atoms with van der Waals surface area (Å²) in [6.07, 6.45) is 13.3. The molecule has 0 atom stereocenters. The lowest BCUT2D eigenvalue weighted by Gasteiger charge is -2.21. The summed E-state index contributed by atoms with van der Waals surface area (Å²) in [5.41, 5.74) is 0. The highest BCUT2D eigenvalue weighted by Gasteiger charge is 2.17. The van der Waals surface area contributed by atoms with Gasteiger partial charge in [-0.25, -0.2) is 0 Å². The smallest absolute Gasteiger partial charge is 0.306 e. The van der Waals surface area contributed by atoms with Crippen molar-refractivity contribution in [1.29, 1.82) is 0 Å². The first-order valence-electron chi connectivity index (χ1n) is 11.8. The van der Waals surface area contributed by atoms with Crippen LogP contribution in [0.25, 0.3) is 0 Å². The number of carbonyl (C=O) groups is 1. The van der Waals surface area contributed by atoms with Crippen molar-refractivity contribution >= 4 is 5.97 Å². The van der Waals surface area contributed by atoms with Gasteiger partial charge in [-0.05, 0) is 38.5 Å². The van der Waals surface area contributed by atoms with Crippen molar-refractivity contribution in [1.82, 2.24) is 0 Å². The van der Waals surface area contributed by atoms with Gasteiger partial charge in [0.25, 0.3) is 0 Å². The van der Waals surface area contributed by atoms with Gasteiger partial charge < -0.3 is 23.7 Å². The molecule has 0 radical (unpaired) electrons. The zero-order chi connectivity index (χ0) is 20.8. The van der Waals surface area contributed by atoms with Crippen molar-refractivity contribution in [3.8, 4) is 0 Å². The second kappa shape index (κ2) is 20.6. The number of hydrogen-bond acceptors (Lipinski definition) is 6. The van der Waals surface area contributed by atoms with Gasteiger partial charge in [-0.2, -0.15) is 0 Å². The Morgan fingerprint density at radius 3 is 1.76 bits per heavy atom. The Labute approximate surface area is 177 Å². The van der Waals surface area contributed by atoms with E-state index < -0.39 is 0 Å². The fourth-order valence-corrected chi connectivity index (χ4v) is 3.32. The molecule has 0 aromatic heterocycles. The van der Waals surface area contributed by atoms with E-state index in [0.717, 1.165) is 25.9 Å². The van der Waals surface area contributed by atoms with Crippen LogP contribution in [0.4, 0.5) is 0 Å². The summed E-state index contributed by atoms with van der Waals surface area (Å²) < 4.78 is 27.4. The third-order valence-corrected chi connectivity index (χ3v) is 5.03. The molecule has 0 unspecified atom stereocenters. The number of rotatable bonds is 20. The fraction of sp³-hybridized carbons (Fsp3) is 0.957. The first-order valence-corrected chi connectivity index (χ1v) is 11.8. The molecule has 0 saturated heterocycles. The Hall–Kier alpha value is -0.690. The Bertz CT molecular complexity index is 357. The molecule has 0 bridgehead atoms. The van der Waals surface area contributed by atoms with E-state index in [2.05, 4.69) is 6.92 Å². The highest BCUT2D eigenvalue weighted by atomic mass is 16.6. The lowest BCUT2D eigenvalue weighted by molar-refractivity contribution is -0.150. The molecule has 0 aromatic rings. The van der Waals surface area contributed by atoms with Crippen LogP contribution in [-0.2, 0) is 28.5 Å². The number of esters is 1. The summed E-state index contributed by atoms with van der Waals surface area (Å²) in [6.45, 7) is 7.12. The van der Waals surface area contributed by atoms with Gasteiger partial charge in [0.05, 0.1) is 39.6 Å². The first kappa shape index (κ1) is 26.3. The molecule has 0 heterocycles. The number of carbonyl (C=O) groups excluding carboxylic acids is 1. The van der Waals surface area contributed by atoms with E-state index in [1.807, 2.05) is 0 Å². The second-order valence-corrected chi connectivity index (χ2v) is 7.72. The average Bonchev–Trinajstić information content (AvgIpc) is 2.73. The minimum atomic E-state index is -0.0885. The van der Waals surface area contributed by atoms with E-state index in [9.17, 15) is 4.79 Å². The van der Waals surface area contributed by atoms with Gasteiger partial charge in [0.15, 0.2) is 0 Å². The topological polar surface area (TPSA) is 63.2 Å². The summed E-state index contributed by atoms with van der Waals surface area (Å²) >= 11 is 0. The molecule has 1 aliphatic carbocycles. The van der Waals surface area contributed by atoms with Crippen LogP contribution in [-0.4, -0.2) is 64.9 Å². The summed E-state index contributed by atoms with van der Waals surface area (Å²) in [4.78, 5) is 11.8. The Balaban J connectivity index is 1.70. The van der Waals surface area contributed by atoms with Crippen LogP contribution in [0.5, 0.6) is 0 Å². The SMILES string of the molecule is CCCCCCCOCCOCCOCCOCCCC(=O)OC1CCCCC1. The van der Waals surface area contributed by atoms with Crippen LogP contribution >= 0.6 is 0 Å². The maximum atomic E-state index is 11.8. The van der Waals surface area contributed by atoms with Gasteiger partial charge in [0.2, 0.25) is 0 Å². The molecule has 1 fully saturated rings. The summed E-state index contributed by atoms with van der Waals surface area (Å²) in [5.74, 6) is -0.0885. The van der Waals surface area contributed by atoms with Crippen molar-refractivity contribution in [3.63, 3.8) is 0 Å². The fourth-order valence-electron chi connectivity index (χ4n) is 3.32. The van der Waals surface area contributed by atoms with Crippen molar-refractivity contribution in [2.75, 3.05) is 52.9 Å². The third-order valence-electron chi connectivity index (χ3n) is 5.03. The van der Waals surface area contributed by atoms with E-state index in [1.165, 1.54) is 44.9 Å². The van der Waals surface area contributed by atoms with Crippen molar-refractivity contribution in [2.24, 2.45) is 0 Å². The number of hydrogen-bond donors (Lipinski definition) is 0. The van der Waals surface area contributed by atoms with Crippen molar-refractivity contribution in [2.45, 2.75) is 90.1 Å². The zero-order valence-electron chi connectivity index (χ0n) is 18.7. The summed E-state index contributed by atoms with van der Waals surface area (Å²) in [6, 6.07) is 0. The Morgan fingerprint density at radius 2 is 1.17 bits per heavy atom. The van der Waals surface area contributed by atoms with Gasteiger partial charge in [-0.1, -0.05) is 39.0 Å². The second-order valence-electron chi connectivity index (χ2n) is 7.72. The normalized spacial score (nSPS) is 14.9. The largest absolute Gasteiger partial charge is 0.462 e. The molecule has 0 amide bonds. The Morgan fingerprint density at radius 1 is 0.655 bits per heavy atom. The molecule has 6 nitrogen and oxygen atoms in total. The molecular weight excluding hydrogens is 372 g/mol. The predicted molar refractivity (Wildman–Crippen MR) is 114 cm³/mol. The standard InChI is InChI=1S/C23H44O6/c1-2-3-4-5-9-14-25-16-18-27-20-21-28-19-17-26-15-10-13-23(24)29-22-11-7-6-8-12-22/h22H,2-21H2,1H3. The van der Waals surface area contributed by atoms with Gasteiger partial charge in [-0.3, -0.25) is 4.79 Å². The van der Waals surface area contributed by atoms with Gasteiger partial charge in [-0.15, -0.1) is 0 Å². The molecule has 29 heavy (non-hydrogen) atoms. The molecule has 1 aliphatic rings. The van der Waals surface area contributed by atoms with Gasteiger partial charge in [0, 0.05) is 19.6 Å². The van der Waals surface area contributed by atoms with Crippen LogP contribution in [0.15, 0.2) is 0 Å². The van der Waals surface area contributed by atoms with Gasteiger partial charge in [0.1, 0.15) is 6.10 Å². The third kappa shape index (κ3) is 17.8. The van der Waals surface area contributed by atoms with Crippen LogP contribution < -0.4 is 0 Å². The minimum absolute atomic E-state index is 0.0885. The molecule has 1 rings (SSSR count). The lowest BCUT2D eigenvalue weighted by Crippen LogP contribution is -2.21. The molecule has 6 heteroatoms. The molecule has 172 valence electrons. The molecule has 0 aliphatic heterocycles. The summed E-state index contributed by atoms with van der Waals surface area (Å²) in [7, 11) is 0. The predicted octanol–water partition coefficient (Wildman–Crippen LogP) is 4.68. The van der Waals surface area contributed by atoms with Crippen LogP contribution in [0.3, 0.4) is 0 Å². The summed E-state index contributed by atoms with van der Waals surface area (Å²) in [5, 5.41) is 0. The quantitative estimate of drug-likeness (QED) is 0.212. The van der Waals surface area contributed by atoms with Gasteiger partial charge >= 0.3 is 5.97 Å². The van der Waals surface area contributed by atoms with Crippen LogP contribution in [0, 0.1) is 0 Å². The highest BCUT2D eigenvalue weighted by Crippen LogP contribution is 2.20. The van der Waals surface area contributed by atoms with E-state index in [-0.39, 0.29) is 12.1 Å². The molecule has 0 aromatic carbocycles. The molecule has 0 N–H and O–H groups in total. The van der Waals surface area contributed by atoms with E-state index in [0.29, 0.717) is 59.1 Å². The molecular formula is C23H44O6. The maximum absolute atomic E-state index is 11.8. The molecule has 1 saturated carbocycles. The monoisotopic (exact) mass is 416 g/mol. The van der Waals surface area contributed by atoms with Crippen molar-refractivity contribution in [3.05, 3.63) is 0 Å². The average molecular weight is 417 g/mol. The Kier molecular flexibility index (Phi) is 18.7. The zero-order valence-corrected chi connectivity index (χ0v) is 18.7. The van der Waals surface area contributed by atoms with E-state index >= 15 is 0 Å². The molecule has 0 spiro atoms. The van der Waals surface area contributed by atoms with Crippen LogP contribution in [0.2, 0.25) is 0 Å².